The summed E-state index contributed by atoms with van der Waals surface area (Å²) in [5, 5.41) is 2.95. The van der Waals surface area contributed by atoms with Gasteiger partial charge in [-0.1, -0.05) is 6.92 Å². The molecule has 2 aliphatic rings. The standard InChI is InChI=1S/C17H24N2O3/c1-13-4-7-19(8-5-13)9-6-17(20)18-14-2-3-15-16(12-14)22-11-10-21-15/h2-3,12-13H,4-11H2,1H3,(H,18,20)/p+1. The summed E-state index contributed by atoms with van der Waals surface area (Å²) in [4.78, 5) is 13.6. The van der Waals surface area contributed by atoms with E-state index >= 15 is 0 Å². The maximum Gasteiger partial charge on any atom is 0.230 e. The first-order valence-electron chi connectivity index (χ1n) is 8.24. The number of piperidine rings is 1. The molecule has 0 spiro atoms. The largest absolute Gasteiger partial charge is 0.486 e. The van der Waals surface area contributed by atoms with Crippen molar-refractivity contribution in [2.75, 3.05) is 38.2 Å². The molecule has 5 nitrogen and oxygen atoms in total. The van der Waals surface area contributed by atoms with Gasteiger partial charge in [0.25, 0.3) is 0 Å². The molecule has 5 heteroatoms. The number of quaternary nitrogens is 1. The Bertz CT molecular complexity index is 525. The molecular formula is C17H25N2O3+. The smallest absolute Gasteiger partial charge is 0.230 e. The van der Waals surface area contributed by atoms with Gasteiger partial charge < -0.3 is 19.7 Å². The first-order chi connectivity index (χ1) is 10.7. The van der Waals surface area contributed by atoms with Crippen LogP contribution in [-0.4, -0.2) is 38.8 Å². The number of hydrogen-bond acceptors (Lipinski definition) is 3. The molecule has 1 aromatic carbocycles. The van der Waals surface area contributed by atoms with Crippen LogP contribution in [0.4, 0.5) is 5.69 Å². The van der Waals surface area contributed by atoms with Gasteiger partial charge in [-0.15, -0.1) is 0 Å². The second-order valence-corrected chi connectivity index (χ2v) is 6.34. The summed E-state index contributed by atoms with van der Waals surface area (Å²) in [6.45, 7) is 6.75. The van der Waals surface area contributed by atoms with Crippen molar-refractivity contribution in [3.05, 3.63) is 18.2 Å². The van der Waals surface area contributed by atoms with E-state index in [-0.39, 0.29) is 5.91 Å². The average molecular weight is 305 g/mol. The van der Waals surface area contributed by atoms with Crippen LogP contribution in [0.3, 0.4) is 0 Å². The van der Waals surface area contributed by atoms with Gasteiger partial charge >= 0.3 is 0 Å². The zero-order valence-corrected chi connectivity index (χ0v) is 13.2. The number of hydrogen-bond donors (Lipinski definition) is 2. The number of carbonyl (C=O) groups is 1. The van der Waals surface area contributed by atoms with Crippen LogP contribution in [0.15, 0.2) is 18.2 Å². The molecular weight excluding hydrogens is 280 g/mol. The minimum Gasteiger partial charge on any atom is -0.486 e. The van der Waals surface area contributed by atoms with Gasteiger partial charge in [-0.25, -0.2) is 0 Å². The zero-order valence-electron chi connectivity index (χ0n) is 13.2. The van der Waals surface area contributed by atoms with Crippen molar-refractivity contribution in [1.82, 2.24) is 0 Å². The number of anilines is 1. The van der Waals surface area contributed by atoms with Crippen molar-refractivity contribution < 1.29 is 19.2 Å². The normalized spacial score (nSPS) is 23.9. The number of nitrogens with one attached hydrogen (secondary N) is 2. The second kappa shape index (κ2) is 7.01. The Hall–Kier alpha value is -1.75. The SMILES string of the molecule is CC1CC[NH+](CCC(=O)Nc2ccc3c(c2)OCCO3)CC1. The molecule has 0 atom stereocenters. The maximum absolute atomic E-state index is 12.1. The van der Waals surface area contributed by atoms with Crippen LogP contribution in [-0.2, 0) is 4.79 Å². The van der Waals surface area contributed by atoms with E-state index in [1.54, 1.807) is 4.90 Å². The van der Waals surface area contributed by atoms with E-state index < -0.39 is 0 Å². The molecule has 0 radical (unpaired) electrons. The van der Waals surface area contributed by atoms with E-state index in [0.717, 1.165) is 23.9 Å². The average Bonchev–Trinajstić information content (AvgIpc) is 2.54. The number of fused-ring (bicyclic) bond motifs is 1. The molecule has 2 aliphatic heterocycles. The van der Waals surface area contributed by atoms with Gasteiger partial charge in [-0.3, -0.25) is 4.79 Å². The Labute approximate surface area is 131 Å². The minimum atomic E-state index is 0.0720. The maximum atomic E-state index is 12.1. The third-order valence-electron chi connectivity index (χ3n) is 4.51. The number of ether oxygens (including phenoxy) is 2. The van der Waals surface area contributed by atoms with Gasteiger partial charge in [-0.05, 0) is 30.9 Å². The molecule has 0 aromatic heterocycles. The van der Waals surface area contributed by atoms with Gasteiger partial charge in [0.05, 0.1) is 26.1 Å². The van der Waals surface area contributed by atoms with Crippen molar-refractivity contribution in [3.8, 4) is 11.5 Å². The predicted molar refractivity (Wildman–Crippen MR) is 84.6 cm³/mol. The number of amides is 1. The molecule has 0 aliphatic carbocycles. The highest BCUT2D eigenvalue weighted by atomic mass is 16.6. The highest BCUT2D eigenvalue weighted by Crippen LogP contribution is 2.32. The third kappa shape index (κ3) is 3.91. The highest BCUT2D eigenvalue weighted by Gasteiger charge is 2.19. The third-order valence-corrected chi connectivity index (χ3v) is 4.51. The van der Waals surface area contributed by atoms with E-state index in [1.807, 2.05) is 18.2 Å². The summed E-state index contributed by atoms with van der Waals surface area (Å²) < 4.78 is 11.0. The molecule has 1 aromatic rings. The summed E-state index contributed by atoms with van der Waals surface area (Å²) in [5.41, 5.74) is 0.775. The van der Waals surface area contributed by atoms with Crippen LogP contribution in [0, 0.1) is 5.92 Å². The molecule has 0 bridgehead atoms. The molecule has 2 N–H and O–H groups in total. The summed E-state index contributed by atoms with van der Waals surface area (Å²) in [7, 11) is 0. The van der Waals surface area contributed by atoms with Crippen molar-refractivity contribution in [1.29, 1.82) is 0 Å². The van der Waals surface area contributed by atoms with Gasteiger partial charge in [0, 0.05) is 11.8 Å². The van der Waals surface area contributed by atoms with Crippen LogP contribution in [0.1, 0.15) is 26.2 Å². The quantitative estimate of drug-likeness (QED) is 0.876. The predicted octanol–water partition coefficient (Wildman–Crippen LogP) is 1.10. The van der Waals surface area contributed by atoms with Crippen LogP contribution in [0.2, 0.25) is 0 Å². The Morgan fingerprint density at radius 1 is 1.23 bits per heavy atom. The Morgan fingerprint density at radius 2 is 1.95 bits per heavy atom. The number of carbonyl (C=O) groups excluding carboxylic acids is 1. The topological polar surface area (TPSA) is 52.0 Å². The van der Waals surface area contributed by atoms with Crippen molar-refractivity contribution in [3.63, 3.8) is 0 Å². The summed E-state index contributed by atoms with van der Waals surface area (Å²) in [6, 6.07) is 5.55. The van der Waals surface area contributed by atoms with Crippen LogP contribution in [0.5, 0.6) is 11.5 Å². The lowest BCUT2D eigenvalue weighted by molar-refractivity contribution is -0.905. The molecule has 22 heavy (non-hydrogen) atoms. The van der Waals surface area contributed by atoms with Crippen LogP contribution < -0.4 is 19.7 Å². The lowest BCUT2D eigenvalue weighted by Crippen LogP contribution is -3.13. The van der Waals surface area contributed by atoms with E-state index in [1.165, 1.54) is 25.9 Å². The van der Waals surface area contributed by atoms with E-state index in [9.17, 15) is 4.79 Å². The molecule has 2 heterocycles. The fourth-order valence-corrected chi connectivity index (χ4v) is 3.06. The van der Waals surface area contributed by atoms with Gasteiger partial charge in [-0.2, -0.15) is 0 Å². The minimum absolute atomic E-state index is 0.0720. The molecule has 120 valence electrons. The second-order valence-electron chi connectivity index (χ2n) is 6.34. The highest BCUT2D eigenvalue weighted by molar-refractivity contribution is 5.91. The summed E-state index contributed by atoms with van der Waals surface area (Å²) in [6.07, 6.45) is 3.12. The molecule has 1 fully saturated rings. The molecule has 0 unspecified atom stereocenters. The van der Waals surface area contributed by atoms with E-state index in [4.69, 9.17) is 9.47 Å². The number of benzene rings is 1. The van der Waals surface area contributed by atoms with Gasteiger partial charge in [0.2, 0.25) is 5.91 Å². The zero-order chi connectivity index (χ0) is 15.4. The van der Waals surface area contributed by atoms with Crippen molar-refractivity contribution in [2.45, 2.75) is 26.2 Å². The lowest BCUT2D eigenvalue weighted by atomic mass is 9.99. The van der Waals surface area contributed by atoms with E-state index in [0.29, 0.717) is 25.4 Å². The van der Waals surface area contributed by atoms with Crippen molar-refractivity contribution >= 4 is 11.6 Å². The first kappa shape index (κ1) is 15.2. The van der Waals surface area contributed by atoms with Crippen molar-refractivity contribution in [2.24, 2.45) is 5.92 Å². The Balaban J connectivity index is 1.47. The molecule has 3 rings (SSSR count). The Kier molecular flexibility index (Phi) is 4.83. The summed E-state index contributed by atoms with van der Waals surface area (Å²) in [5.74, 6) is 2.37. The van der Waals surface area contributed by atoms with E-state index in [2.05, 4.69) is 12.2 Å². The van der Waals surface area contributed by atoms with Gasteiger partial charge in [0.15, 0.2) is 11.5 Å². The first-order valence-corrected chi connectivity index (χ1v) is 8.24. The fourth-order valence-electron chi connectivity index (χ4n) is 3.06. The van der Waals surface area contributed by atoms with Crippen LogP contribution >= 0.6 is 0 Å². The number of rotatable bonds is 4. The number of likely N-dealkylation sites (tertiary alicyclic amines) is 1. The molecule has 0 saturated carbocycles. The lowest BCUT2D eigenvalue weighted by Gasteiger charge is -2.27. The van der Waals surface area contributed by atoms with Crippen LogP contribution in [0.25, 0.3) is 0 Å². The van der Waals surface area contributed by atoms with Gasteiger partial charge in [0.1, 0.15) is 13.2 Å². The monoisotopic (exact) mass is 305 g/mol. The Morgan fingerprint density at radius 3 is 2.73 bits per heavy atom. The molecule has 1 saturated heterocycles. The summed E-state index contributed by atoms with van der Waals surface area (Å²) >= 11 is 0. The fraction of sp³-hybridized carbons (Fsp3) is 0.588. The molecule has 1 amide bonds.